The molecule has 2 fully saturated rings. The van der Waals surface area contributed by atoms with E-state index >= 15 is 0 Å². The highest BCUT2D eigenvalue weighted by atomic mass is 19.1. The number of fused-ring (bicyclic) bond motifs is 5. The van der Waals surface area contributed by atoms with Crippen LogP contribution in [0.3, 0.4) is 0 Å². The molecule has 23 heavy (non-hydrogen) atoms. The summed E-state index contributed by atoms with van der Waals surface area (Å²) in [5.74, 6) is 1.93. The zero-order valence-electron chi connectivity index (χ0n) is 13.8. The van der Waals surface area contributed by atoms with Gasteiger partial charge < -0.3 is 10.2 Å². The van der Waals surface area contributed by atoms with Crippen molar-refractivity contribution in [3.05, 3.63) is 35.2 Å². The monoisotopic (exact) mass is 318 g/mol. The third-order valence-electron chi connectivity index (χ3n) is 7.19. The van der Waals surface area contributed by atoms with Gasteiger partial charge in [0.25, 0.3) is 0 Å². The van der Waals surface area contributed by atoms with Gasteiger partial charge in [-0.05, 0) is 67.8 Å². The fraction of sp³-hybridized carbons (Fsp3) is 0.700. The lowest BCUT2D eigenvalue weighted by Gasteiger charge is -2.52. The maximum Gasteiger partial charge on any atom is 0.129 e. The number of hydrogen-bond acceptors (Lipinski definition) is 2. The molecule has 2 nitrogen and oxygen atoms in total. The molecule has 126 valence electrons. The van der Waals surface area contributed by atoms with Gasteiger partial charge in [-0.3, -0.25) is 0 Å². The highest BCUT2D eigenvalue weighted by Gasteiger charge is 2.52. The van der Waals surface area contributed by atoms with Crippen molar-refractivity contribution in [2.45, 2.75) is 51.6 Å². The molecule has 4 aliphatic carbocycles. The average molecular weight is 318 g/mol. The Hall–Kier alpha value is -0.930. The second kappa shape index (κ2) is 5.56. The Bertz CT molecular complexity index is 590. The summed E-state index contributed by atoms with van der Waals surface area (Å²) in [4.78, 5) is 0. The van der Waals surface area contributed by atoms with E-state index in [1.54, 1.807) is 0 Å². The molecule has 2 saturated carbocycles. The second-order valence-corrected chi connectivity index (χ2v) is 8.20. The average Bonchev–Trinajstić information content (AvgIpc) is 2.90. The Morgan fingerprint density at radius 3 is 2.91 bits per heavy atom. The van der Waals surface area contributed by atoms with Gasteiger partial charge in [0.05, 0.1) is 12.7 Å². The van der Waals surface area contributed by atoms with Crippen molar-refractivity contribution in [1.82, 2.24) is 0 Å². The van der Waals surface area contributed by atoms with Gasteiger partial charge in [0.15, 0.2) is 0 Å². The molecule has 0 radical (unpaired) electrons. The Balaban J connectivity index is 1.65. The van der Waals surface area contributed by atoms with E-state index in [-0.39, 0.29) is 17.3 Å². The van der Waals surface area contributed by atoms with Gasteiger partial charge >= 0.3 is 0 Å². The van der Waals surface area contributed by atoms with Crippen molar-refractivity contribution < 1.29 is 14.6 Å². The summed E-state index contributed by atoms with van der Waals surface area (Å²) >= 11 is 0. The largest absolute Gasteiger partial charge is 0.393 e. The minimum absolute atomic E-state index is 0.145. The molecular weight excluding hydrogens is 291 g/mol. The van der Waals surface area contributed by atoms with Gasteiger partial charge in [0.2, 0.25) is 0 Å². The SMILES string of the molecule is C[C@]12CCC3C4CCC(O)CC4=CCC3C1C=C/C2=C(/F)CO. The highest BCUT2D eigenvalue weighted by molar-refractivity contribution is 5.40. The van der Waals surface area contributed by atoms with Crippen LogP contribution < -0.4 is 0 Å². The van der Waals surface area contributed by atoms with E-state index < -0.39 is 6.61 Å². The molecule has 0 saturated heterocycles. The van der Waals surface area contributed by atoms with Crippen LogP contribution in [0.25, 0.3) is 0 Å². The van der Waals surface area contributed by atoms with Crippen LogP contribution in [0.5, 0.6) is 0 Å². The van der Waals surface area contributed by atoms with Gasteiger partial charge in [-0.1, -0.05) is 30.7 Å². The van der Waals surface area contributed by atoms with Crippen molar-refractivity contribution in [3.8, 4) is 0 Å². The lowest BCUT2D eigenvalue weighted by molar-refractivity contribution is 0.0279. The van der Waals surface area contributed by atoms with Crippen LogP contribution in [-0.4, -0.2) is 22.9 Å². The van der Waals surface area contributed by atoms with E-state index in [1.165, 1.54) is 5.57 Å². The van der Waals surface area contributed by atoms with Crippen molar-refractivity contribution >= 4 is 0 Å². The summed E-state index contributed by atoms with van der Waals surface area (Å²) in [6.45, 7) is 1.70. The zero-order valence-corrected chi connectivity index (χ0v) is 13.8. The fourth-order valence-electron chi connectivity index (χ4n) is 6.05. The maximum absolute atomic E-state index is 14.1. The first-order valence-corrected chi connectivity index (χ1v) is 9.09. The number of allylic oxidation sites excluding steroid dienone is 4. The highest BCUT2D eigenvalue weighted by Crippen LogP contribution is 2.61. The van der Waals surface area contributed by atoms with E-state index in [9.17, 15) is 14.6 Å². The first-order chi connectivity index (χ1) is 11.0. The van der Waals surface area contributed by atoms with Crippen molar-refractivity contribution in [3.63, 3.8) is 0 Å². The molecule has 2 N–H and O–H groups in total. The molecule has 0 aromatic heterocycles. The van der Waals surface area contributed by atoms with Crippen LogP contribution in [0.2, 0.25) is 0 Å². The first-order valence-electron chi connectivity index (χ1n) is 9.09. The summed E-state index contributed by atoms with van der Waals surface area (Å²) < 4.78 is 14.1. The van der Waals surface area contributed by atoms with Crippen LogP contribution in [0.15, 0.2) is 35.2 Å². The van der Waals surface area contributed by atoms with E-state index in [0.29, 0.717) is 23.7 Å². The second-order valence-electron chi connectivity index (χ2n) is 8.20. The minimum atomic E-state index is -0.485. The summed E-state index contributed by atoms with van der Waals surface area (Å²) in [5, 5.41) is 19.1. The summed E-state index contributed by atoms with van der Waals surface area (Å²) in [6.07, 6.45) is 12.4. The van der Waals surface area contributed by atoms with E-state index in [1.807, 2.05) is 6.08 Å². The molecule has 0 aromatic carbocycles. The molecule has 0 aliphatic heterocycles. The predicted molar refractivity (Wildman–Crippen MR) is 88.2 cm³/mol. The standard InChI is InChI=1S/C20H27FO2/c1-20-9-8-15-14-5-3-13(23)10-12(14)2-4-16(15)17(20)6-7-18(20)19(21)11-22/h2,6-7,13-17,22-23H,3-5,8-11H2,1H3/b19-18-/t13?,14?,15?,16?,17?,20-/m0/s1. The lowest BCUT2D eigenvalue weighted by atomic mass is 9.52. The summed E-state index contributed by atoms with van der Waals surface area (Å²) in [5.41, 5.74) is 2.07. The van der Waals surface area contributed by atoms with Gasteiger partial charge in [-0.15, -0.1) is 0 Å². The first kappa shape index (κ1) is 15.6. The Kier molecular flexibility index (Phi) is 3.77. The minimum Gasteiger partial charge on any atom is -0.393 e. The summed E-state index contributed by atoms with van der Waals surface area (Å²) in [6, 6.07) is 0. The molecule has 4 aliphatic rings. The Labute approximate surface area is 137 Å². The van der Waals surface area contributed by atoms with Crippen LogP contribution >= 0.6 is 0 Å². The van der Waals surface area contributed by atoms with Gasteiger partial charge in [0.1, 0.15) is 5.83 Å². The van der Waals surface area contributed by atoms with Gasteiger partial charge in [-0.25, -0.2) is 4.39 Å². The van der Waals surface area contributed by atoms with Crippen LogP contribution in [-0.2, 0) is 0 Å². The summed E-state index contributed by atoms with van der Waals surface area (Å²) in [7, 11) is 0. The lowest BCUT2D eigenvalue weighted by Crippen LogP contribution is -2.45. The number of rotatable bonds is 1. The normalized spacial score (nSPS) is 47.5. The molecular formula is C20H27FO2. The Morgan fingerprint density at radius 2 is 2.13 bits per heavy atom. The topological polar surface area (TPSA) is 40.5 Å². The molecule has 6 atom stereocenters. The van der Waals surface area contributed by atoms with Crippen molar-refractivity contribution in [2.75, 3.05) is 6.61 Å². The molecule has 0 spiro atoms. The third kappa shape index (κ3) is 2.27. The molecule has 0 aromatic rings. The number of halogens is 1. The molecule has 5 unspecified atom stereocenters. The molecule has 0 heterocycles. The molecule has 3 heteroatoms. The smallest absolute Gasteiger partial charge is 0.129 e. The van der Waals surface area contributed by atoms with Crippen LogP contribution in [0.4, 0.5) is 4.39 Å². The van der Waals surface area contributed by atoms with Crippen molar-refractivity contribution in [2.24, 2.45) is 29.1 Å². The fourth-order valence-corrected chi connectivity index (χ4v) is 6.05. The van der Waals surface area contributed by atoms with Crippen LogP contribution in [0, 0.1) is 29.1 Å². The van der Waals surface area contributed by atoms with E-state index in [0.717, 1.165) is 44.1 Å². The number of aliphatic hydroxyl groups excluding tert-OH is 2. The number of hydrogen-bond donors (Lipinski definition) is 2. The van der Waals surface area contributed by atoms with Crippen LogP contribution in [0.1, 0.15) is 45.4 Å². The molecule has 0 bridgehead atoms. The third-order valence-corrected chi connectivity index (χ3v) is 7.19. The number of aliphatic hydroxyl groups is 2. The zero-order chi connectivity index (χ0) is 16.2. The quantitative estimate of drug-likeness (QED) is 0.720. The van der Waals surface area contributed by atoms with Crippen molar-refractivity contribution in [1.29, 1.82) is 0 Å². The Morgan fingerprint density at radius 1 is 1.30 bits per heavy atom. The molecule has 0 amide bonds. The van der Waals surface area contributed by atoms with Gasteiger partial charge in [-0.2, -0.15) is 0 Å². The molecule has 4 rings (SSSR count). The van der Waals surface area contributed by atoms with E-state index in [2.05, 4.69) is 19.1 Å². The van der Waals surface area contributed by atoms with Gasteiger partial charge in [0, 0.05) is 5.41 Å². The maximum atomic E-state index is 14.1. The predicted octanol–water partition coefficient (Wildman–Crippen LogP) is 3.91. The van der Waals surface area contributed by atoms with E-state index in [4.69, 9.17) is 0 Å².